The van der Waals surface area contributed by atoms with Gasteiger partial charge < -0.3 is 15.4 Å². The van der Waals surface area contributed by atoms with Crippen LogP contribution < -0.4 is 15.4 Å². The molecule has 0 unspecified atom stereocenters. The second-order valence-corrected chi connectivity index (χ2v) is 6.28. The van der Waals surface area contributed by atoms with Crippen molar-refractivity contribution < 1.29 is 9.53 Å². The summed E-state index contributed by atoms with van der Waals surface area (Å²) in [4.78, 5) is 12.2. The third-order valence-electron chi connectivity index (χ3n) is 4.49. The number of piperidine rings is 1. The molecule has 1 aliphatic rings. The van der Waals surface area contributed by atoms with Crippen molar-refractivity contribution in [1.82, 2.24) is 25.6 Å². The standard InChI is InChI=1S/C18H25N5O2.ClH/c1-25-16-6-2-4-14(12-16)5-3-9-20-18(24)17-13-23(22-21-17)15-7-10-19-11-8-15;/h2,4,6,12-13,15,19H,3,5,7-11H2,1H3,(H,20,24);1H. The fourth-order valence-corrected chi connectivity index (χ4v) is 3.04. The number of carbonyl (C=O) groups excluding carboxylic acids is 1. The molecule has 0 atom stereocenters. The van der Waals surface area contributed by atoms with Crippen molar-refractivity contribution in [3.05, 3.63) is 41.7 Å². The molecule has 0 saturated carbocycles. The summed E-state index contributed by atoms with van der Waals surface area (Å²) in [5.74, 6) is 0.696. The second-order valence-electron chi connectivity index (χ2n) is 6.28. The van der Waals surface area contributed by atoms with E-state index in [-0.39, 0.29) is 18.3 Å². The SMILES string of the molecule is COc1cccc(CCCNC(=O)c2cn(C3CCNCC3)nn2)c1.Cl. The predicted molar refractivity (Wildman–Crippen MR) is 102 cm³/mol. The molecule has 1 aliphatic heterocycles. The molecule has 0 radical (unpaired) electrons. The Labute approximate surface area is 159 Å². The van der Waals surface area contributed by atoms with Gasteiger partial charge in [-0.3, -0.25) is 4.79 Å². The minimum Gasteiger partial charge on any atom is -0.497 e. The molecule has 3 rings (SSSR count). The summed E-state index contributed by atoms with van der Waals surface area (Å²) in [5.41, 5.74) is 1.59. The number of hydrogen-bond donors (Lipinski definition) is 2. The molecule has 1 amide bonds. The molecule has 1 aromatic heterocycles. The molecule has 142 valence electrons. The van der Waals surface area contributed by atoms with Crippen LogP contribution in [0.15, 0.2) is 30.5 Å². The smallest absolute Gasteiger partial charge is 0.273 e. The Kier molecular flexibility index (Phi) is 7.87. The van der Waals surface area contributed by atoms with E-state index in [2.05, 4.69) is 27.0 Å². The number of benzene rings is 1. The van der Waals surface area contributed by atoms with E-state index in [4.69, 9.17) is 4.74 Å². The van der Waals surface area contributed by atoms with E-state index in [1.807, 2.05) is 22.9 Å². The van der Waals surface area contributed by atoms with Crippen LogP contribution in [-0.2, 0) is 6.42 Å². The van der Waals surface area contributed by atoms with Crippen molar-refractivity contribution in [2.45, 2.75) is 31.7 Å². The van der Waals surface area contributed by atoms with Gasteiger partial charge >= 0.3 is 0 Å². The minimum absolute atomic E-state index is 0. The lowest BCUT2D eigenvalue weighted by Gasteiger charge is -2.22. The monoisotopic (exact) mass is 379 g/mol. The Morgan fingerprint density at radius 3 is 2.96 bits per heavy atom. The molecule has 2 heterocycles. The first-order chi connectivity index (χ1) is 12.3. The average Bonchev–Trinajstić information content (AvgIpc) is 3.16. The fourth-order valence-electron chi connectivity index (χ4n) is 3.04. The van der Waals surface area contributed by atoms with Crippen molar-refractivity contribution in [2.75, 3.05) is 26.7 Å². The lowest BCUT2D eigenvalue weighted by Crippen LogP contribution is -2.29. The number of nitrogens with zero attached hydrogens (tertiary/aromatic N) is 3. The zero-order valence-corrected chi connectivity index (χ0v) is 15.8. The second kappa shape index (κ2) is 10.1. The maximum Gasteiger partial charge on any atom is 0.273 e. The zero-order valence-electron chi connectivity index (χ0n) is 15.0. The molecule has 26 heavy (non-hydrogen) atoms. The van der Waals surface area contributed by atoms with E-state index in [0.29, 0.717) is 18.3 Å². The molecule has 0 bridgehead atoms. The highest BCUT2D eigenvalue weighted by molar-refractivity contribution is 5.91. The summed E-state index contributed by atoms with van der Waals surface area (Å²) in [7, 11) is 1.66. The fraction of sp³-hybridized carbons (Fsp3) is 0.500. The van der Waals surface area contributed by atoms with Gasteiger partial charge in [0, 0.05) is 6.54 Å². The molecule has 0 aliphatic carbocycles. The summed E-state index contributed by atoms with van der Waals surface area (Å²) in [6, 6.07) is 8.33. The molecule has 2 aromatic rings. The van der Waals surface area contributed by atoms with Crippen LogP contribution in [0.25, 0.3) is 0 Å². The number of methoxy groups -OCH3 is 1. The number of ether oxygens (including phenoxy) is 1. The maximum absolute atomic E-state index is 12.2. The summed E-state index contributed by atoms with van der Waals surface area (Å²) in [5, 5.41) is 14.4. The van der Waals surface area contributed by atoms with Crippen LogP contribution in [0, 0.1) is 0 Å². The normalized spacial score (nSPS) is 14.5. The van der Waals surface area contributed by atoms with Gasteiger partial charge in [0.05, 0.1) is 19.3 Å². The first-order valence-corrected chi connectivity index (χ1v) is 8.80. The largest absolute Gasteiger partial charge is 0.497 e. The molecule has 1 aromatic carbocycles. The highest BCUT2D eigenvalue weighted by Crippen LogP contribution is 2.17. The van der Waals surface area contributed by atoms with Crippen molar-refractivity contribution in [3.63, 3.8) is 0 Å². The maximum atomic E-state index is 12.2. The first-order valence-electron chi connectivity index (χ1n) is 8.80. The van der Waals surface area contributed by atoms with Gasteiger partial charge in [0.15, 0.2) is 5.69 Å². The molecule has 1 saturated heterocycles. The third kappa shape index (κ3) is 5.44. The van der Waals surface area contributed by atoms with E-state index >= 15 is 0 Å². The van der Waals surface area contributed by atoms with Crippen LogP contribution in [0.3, 0.4) is 0 Å². The lowest BCUT2D eigenvalue weighted by atomic mass is 10.1. The molecular weight excluding hydrogens is 354 g/mol. The molecule has 7 nitrogen and oxygen atoms in total. The van der Waals surface area contributed by atoms with Crippen LogP contribution in [0.1, 0.15) is 41.4 Å². The molecule has 0 spiro atoms. The van der Waals surface area contributed by atoms with Gasteiger partial charge in [-0.05, 0) is 56.5 Å². The van der Waals surface area contributed by atoms with Crippen LogP contribution in [0.4, 0.5) is 0 Å². The van der Waals surface area contributed by atoms with E-state index in [0.717, 1.165) is 44.5 Å². The van der Waals surface area contributed by atoms with Crippen LogP contribution in [0.2, 0.25) is 0 Å². The van der Waals surface area contributed by atoms with Gasteiger partial charge in [-0.1, -0.05) is 17.3 Å². The van der Waals surface area contributed by atoms with E-state index in [1.54, 1.807) is 13.3 Å². The van der Waals surface area contributed by atoms with Crippen molar-refractivity contribution in [3.8, 4) is 5.75 Å². The Morgan fingerprint density at radius 2 is 2.19 bits per heavy atom. The van der Waals surface area contributed by atoms with Crippen molar-refractivity contribution in [1.29, 1.82) is 0 Å². The Bertz CT molecular complexity index is 700. The third-order valence-corrected chi connectivity index (χ3v) is 4.49. The number of carbonyl (C=O) groups is 1. The van der Waals surface area contributed by atoms with Gasteiger partial charge in [-0.2, -0.15) is 0 Å². The number of rotatable bonds is 7. The first kappa shape index (κ1) is 20.2. The molecule has 8 heteroatoms. The van der Waals surface area contributed by atoms with Gasteiger partial charge in [0.2, 0.25) is 0 Å². The lowest BCUT2D eigenvalue weighted by molar-refractivity contribution is 0.0948. The number of nitrogens with one attached hydrogen (secondary N) is 2. The number of halogens is 1. The highest BCUT2D eigenvalue weighted by Gasteiger charge is 2.18. The van der Waals surface area contributed by atoms with Crippen molar-refractivity contribution >= 4 is 18.3 Å². The van der Waals surface area contributed by atoms with Crippen LogP contribution in [-0.4, -0.2) is 47.6 Å². The number of aryl methyl sites for hydroxylation is 1. The number of amides is 1. The van der Waals surface area contributed by atoms with E-state index in [9.17, 15) is 4.79 Å². The minimum atomic E-state index is -0.161. The number of aromatic nitrogens is 3. The van der Waals surface area contributed by atoms with Crippen LogP contribution >= 0.6 is 12.4 Å². The topological polar surface area (TPSA) is 81.1 Å². The molecule has 2 N–H and O–H groups in total. The van der Waals surface area contributed by atoms with Gasteiger partial charge in [-0.25, -0.2) is 4.68 Å². The predicted octanol–water partition coefficient (Wildman–Crippen LogP) is 2.00. The van der Waals surface area contributed by atoms with Crippen LogP contribution in [0.5, 0.6) is 5.75 Å². The molecular formula is C18H26ClN5O2. The zero-order chi connectivity index (χ0) is 17.5. The van der Waals surface area contributed by atoms with E-state index < -0.39 is 0 Å². The summed E-state index contributed by atoms with van der Waals surface area (Å²) < 4.78 is 7.04. The van der Waals surface area contributed by atoms with Gasteiger partial charge in [0.1, 0.15) is 5.75 Å². The Hall–Kier alpha value is -2.12. The van der Waals surface area contributed by atoms with Gasteiger partial charge in [-0.15, -0.1) is 17.5 Å². The molecule has 1 fully saturated rings. The Morgan fingerprint density at radius 1 is 1.38 bits per heavy atom. The summed E-state index contributed by atoms with van der Waals surface area (Å²) in [6.45, 7) is 2.57. The van der Waals surface area contributed by atoms with E-state index in [1.165, 1.54) is 5.56 Å². The summed E-state index contributed by atoms with van der Waals surface area (Å²) in [6.07, 6.45) is 5.55. The Balaban J connectivity index is 0.00000243. The highest BCUT2D eigenvalue weighted by atomic mass is 35.5. The average molecular weight is 380 g/mol. The quantitative estimate of drug-likeness (QED) is 0.719. The van der Waals surface area contributed by atoms with Crippen molar-refractivity contribution in [2.24, 2.45) is 0 Å². The summed E-state index contributed by atoms with van der Waals surface area (Å²) >= 11 is 0. The number of hydrogen-bond acceptors (Lipinski definition) is 5. The van der Waals surface area contributed by atoms with Gasteiger partial charge in [0.25, 0.3) is 5.91 Å².